The van der Waals surface area contributed by atoms with Crippen molar-refractivity contribution in [2.75, 3.05) is 13.1 Å². The Morgan fingerprint density at radius 3 is 1.83 bits per heavy atom. The van der Waals surface area contributed by atoms with Crippen LogP contribution in [0.1, 0.15) is 55.6 Å². The Kier molecular flexibility index (Phi) is 13.1. The average Bonchev–Trinajstić information content (AvgIpc) is 3.99. The molecule has 0 spiro atoms. The Hall–Kier alpha value is -6.12. The number of hydrogen-bond donors (Lipinski definition) is 9. The number of nitrogens with two attached hydrogens (primary N) is 2. The Balaban J connectivity index is 1.27. The summed E-state index contributed by atoms with van der Waals surface area (Å²) in [5.74, 6) is -5.19. The molecule has 5 heterocycles. The van der Waals surface area contributed by atoms with Crippen LogP contribution in [0.5, 0.6) is 0 Å². The monoisotopic (exact) mass is 751 g/mol. The van der Waals surface area contributed by atoms with Gasteiger partial charge in [0.1, 0.15) is 30.2 Å². The van der Waals surface area contributed by atoms with Crippen LogP contribution in [0.15, 0.2) is 37.6 Å². The van der Waals surface area contributed by atoms with Crippen molar-refractivity contribution in [3.05, 3.63) is 54.7 Å². The van der Waals surface area contributed by atoms with Crippen LogP contribution in [0.2, 0.25) is 0 Å². The van der Waals surface area contributed by atoms with Crippen molar-refractivity contribution in [2.45, 2.75) is 94.0 Å². The van der Waals surface area contributed by atoms with Gasteiger partial charge in [-0.15, -0.1) is 0 Å². The van der Waals surface area contributed by atoms with E-state index in [1.165, 1.54) is 35.0 Å². The molecule has 2 saturated heterocycles. The van der Waals surface area contributed by atoms with Crippen LogP contribution in [0.3, 0.4) is 0 Å². The van der Waals surface area contributed by atoms with E-state index in [0.717, 1.165) is 0 Å². The van der Waals surface area contributed by atoms with E-state index in [-0.39, 0.29) is 51.6 Å². The number of likely N-dealkylation sites (tertiary alicyclic amines) is 2. The summed E-state index contributed by atoms with van der Waals surface area (Å²) in [5.41, 5.74) is 12.9. The van der Waals surface area contributed by atoms with Crippen molar-refractivity contribution in [3.8, 4) is 0 Å². The summed E-state index contributed by atoms with van der Waals surface area (Å²) < 4.78 is 0. The molecule has 2 fully saturated rings. The second-order valence-corrected chi connectivity index (χ2v) is 13.3. The zero-order valence-corrected chi connectivity index (χ0v) is 29.4. The highest BCUT2D eigenvalue weighted by Gasteiger charge is 2.44. The summed E-state index contributed by atoms with van der Waals surface area (Å²) >= 11 is 0. The number of aromatic amines is 3. The van der Waals surface area contributed by atoms with Crippen LogP contribution in [0.4, 0.5) is 0 Å². The molecule has 21 heteroatoms. The van der Waals surface area contributed by atoms with Crippen molar-refractivity contribution in [2.24, 2.45) is 11.5 Å². The van der Waals surface area contributed by atoms with E-state index in [0.29, 0.717) is 36.3 Å². The fourth-order valence-electron chi connectivity index (χ4n) is 6.70. The highest BCUT2D eigenvalue weighted by molar-refractivity contribution is 5.97. The predicted octanol–water partition coefficient (Wildman–Crippen LogP) is -3.00. The maximum absolute atomic E-state index is 14.1. The maximum Gasteiger partial charge on any atom is 0.326 e. The number of aromatic nitrogens is 6. The predicted molar refractivity (Wildman–Crippen MR) is 186 cm³/mol. The third-order valence-electron chi connectivity index (χ3n) is 9.46. The number of imidazole rings is 3. The SMILES string of the molecule is NC(=O)CC[C@H](NC(=O)[C@@H]1CCCN1C(=O)[C@@H]1CCCN1C(=O)[C@H](Cc1c[nH]cn1)NC(=O)[C@@H](N)Cc1c[nH]cn1)C(=O)N[C@@H](Cc1c[nH]cn1)C(=O)O. The minimum atomic E-state index is -1.39. The molecule has 21 nitrogen and oxygen atoms in total. The highest BCUT2D eigenvalue weighted by atomic mass is 16.4. The Morgan fingerprint density at radius 2 is 1.28 bits per heavy atom. The van der Waals surface area contributed by atoms with Gasteiger partial charge in [0.15, 0.2) is 0 Å². The molecule has 0 unspecified atom stereocenters. The van der Waals surface area contributed by atoms with Crippen LogP contribution in [0.25, 0.3) is 0 Å². The number of nitrogens with zero attached hydrogens (tertiary/aromatic N) is 5. The molecular weight excluding hydrogens is 706 g/mol. The number of carboxylic acid groups (broad SMARTS) is 1. The molecule has 2 aliphatic heterocycles. The number of aliphatic carboxylic acids is 1. The topological polar surface area (TPSA) is 320 Å². The number of H-pyrrole nitrogens is 3. The molecule has 3 aromatic rings. The third-order valence-corrected chi connectivity index (χ3v) is 9.46. The van der Waals surface area contributed by atoms with Gasteiger partial charge in [-0.1, -0.05) is 0 Å². The first kappa shape index (κ1) is 39.1. The Morgan fingerprint density at radius 1 is 0.741 bits per heavy atom. The number of nitrogens with one attached hydrogen (secondary N) is 6. The van der Waals surface area contributed by atoms with E-state index in [2.05, 4.69) is 45.9 Å². The molecule has 11 N–H and O–H groups in total. The molecule has 0 saturated carbocycles. The van der Waals surface area contributed by atoms with Gasteiger partial charge in [0.05, 0.1) is 42.1 Å². The second kappa shape index (κ2) is 18.1. The van der Waals surface area contributed by atoms with Crippen molar-refractivity contribution in [1.82, 2.24) is 55.7 Å². The molecule has 290 valence electrons. The normalized spacial score (nSPS) is 19.1. The third kappa shape index (κ3) is 10.1. The largest absolute Gasteiger partial charge is 0.480 e. The first-order chi connectivity index (χ1) is 25.9. The lowest BCUT2D eigenvalue weighted by molar-refractivity contribution is -0.148. The molecule has 54 heavy (non-hydrogen) atoms. The smallest absolute Gasteiger partial charge is 0.326 e. The van der Waals surface area contributed by atoms with Crippen LogP contribution >= 0.6 is 0 Å². The highest BCUT2D eigenvalue weighted by Crippen LogP contribution is 2.26. The molecule has 0 aromatic carbocycles. The zero-order chi connectivity index (χ0) is 38.8. The lowest BCUT2D eigenvalue weighted by atomic mass is 10.1. The van der Waals surface area contributed by atoms with Gasteiger partial charge in [-0.2, -0.15) is 0 Å². The summed E-state index contributed by atoms with van der Waals surface area (Å²) in [6.07, 6.45) is 9.96. The van der Waals surface area contributed by atoms with E-state index in [1.807, 2.05) is 0 Å². The minimum Gasteiger partial charge on any atom is -0.480 e. The Bertz CT molecular complexity index is 1770. The van der Waals surface area contributed by atoms with Crippen LogP contribution in [-0.4, -0.2) is 136 Å². The number of carboxylic acids is 1. The van der Waals surface area contributed by atoms with Gasteiger partial charge in [0, 0.05) is 57.4 Å². The maximum atomic E-state index is 14.1. The van der Waals surface area contributed by atoms with Gasteiger partial charge < -0.3 is 57.3 Å². The summed E-state index contributed by atoms with van der Waals surface area (Å²) in [6, 6.07) is -6.81. The van der Waals surface area contributed by atoms with E-state index in [4.69, 9.17) is 11.5 Å². The van der Waals surface area contributed by atoms with Gasteiger partial charge in [-0.05, 0) is 32.1 Å². The fourth-order valence-corrected chi connectivity index (χ4v) is 6.70. The van der Waals surface area contributed by atoms with Crippen molar-refractivity contribution in [3.63, 3.8) is 0 Å². The molecule has 3 aromatic heterocycles. The van der Waals surface area contributed by atoms with E-state index >= 15 is 0 Å². The van der Waals surface area contributed by atoms with E-state index in [9.17, 15) is 38.7 Å². The molecule has 0 bridgehead atoms. The molecular formula is C33H45N13O8. The molecule has 5 rings (SSSR count). The van der Waals surface area contributed by atoms with E-state index in [1.54, 1.807) is 12.4 Å². The Labute approximate surface area is 308 Å². The summed E-state index contributed by atoms with van der Waals surface area (Å²) in [6.45, 7) is 0.429. The number of hydrogen-bond acceptors (Lipinski definition) is 11. The van der Waals surface area contributed by atoms with Crippen LogP contribution in [0, 0.1) is 0 Å². The van der Waals surface area contributed by atoms with Gasteiger partial charge in [0.25, 0.3) is 0 Å². The first-order valence-electron chi connectivity index (χ1n) is 17.6. The van der Waals surface area contributed by atoms with Crippen molar-refractivity contribution < 1.29 is 38.7 Å². The lowest BCUT2D eigenvalue weighted by Crippen LogP contribution is -2.59. The average molecular weight is 752 g/mol. The minimum absolute atomic E-state index is 0.0224. The van der Waals surface area contributed by atoms with E-state index < -0.39 is 77.7 Å². The summed E-state index contributed by atoms with van der Waals surface area (Å²) in [4.78, 5) is 115. The van der Waals surface area contributed by atoms with Gasteiger partial charge in [0.2, 0.25) is 35.4 Å². The summed E-state index contributed by atoms with van der Waals surface area (Å²) in [5, 5.41) is 17.5. The van der Waals surface area contributed by atoms with Gasteiger partial charge in [-0.25, -0.2) is 19.7 Å². The number of amides is 6. The molecule has 6 amide bonds. The molecule has 6 atom stereocenters. The second-order valence-electron chi connectivity index (χ2n) is 13.3. The molecule has 2 aliphatic rings. The molecule has 0 aliphatic carbocycles. The number of carbonyl (C=O) groups is 7. The quantitative estimate of drug-likeness (QED) is 0.0628. The standard InChI is InChI=1S/C33H45N13O8/c34-21(9-18-12-36-15-39-18)28(48)43-23(10-19-13-37-16-40-19)31(51)46-8-2-4-26(46)32(52)45-7-1-3-25(45)30(50)42-22(5-6-27(35)47)29(49)44-24(33(53)54)11-20-14-38-17-41-20/h12-17,21-26H,1-11,34H2,(H2,35,47)(H,36,39)(H,37,40)(H,38,41)(H,42,50)(H,43,48)(H,44,49)(H,53,54)/t21-,22-,23-,24-,25-,26-/m0/s1. The number of carbonyl (C=O) groups excluding carboxylic acids is 6. The van der Waals surface area contributed by atoms with Crippen molar-refractivity contribution >= 4 is 41.4 Å². The first-order valence-corrected chi connectivity index (χ1v) is 17.6. The van der Waals surface area contributed by atoms with Crippen LogP contribution < -0.4 is 27.4 Å². The fraction of sp³-hybridized carbons (Fsp3) is 0.515. The molecule has 0 radical (unpaired) electrons. The van der Waals surface area contributed by atoms with Gasteiger partial charge >= 0.3 is 5.97 Å². The van der Waals surface area contributed by atoms with Gasteiger partial charge in [-0.3, -0.25) is 28.8 Å². The zero-order valence-electron chi connectivity index (χ0n) is 29.4. The van der Waals surface area contributed by atoms with Crippen molar-refractivity contribution in [1.29, 1.82) is 0 Å². The summed E-state index contributed by atoms with van der Waals surface area (Å²) in [7, 11) is 0. The number of primary amides is 1. The lowest BCUT2D eigenvalue weighted by Gasteiger charge is -2.33. The number of rotatable bonds is 18. The van der Waals surface area contributed by atoms with Crippen LogP contribution in [-0.2, 0) is 52.8 Å².